The van der Waals surface area contributed by atoms with Gasteiger partial charge in [-0.15, -0.1) is 11.3 Å². The van der Waals surface area contributed by atoms with Crippen molar-refractivity contribution in [3.8, 4) is 27.8 Å². The average molecular weight is 390 g/mol. The molecule has 0 spiro atoms. The van der Waals surface area contributed by atoms with Crippen LogP contribution in [0, 0.1) is 0 Å². The number of hydrogen-bond acceptors (Lipinski definition) is 6. The summed E-state index contributed by atoms with van der Waals surface area (Å²) in [6.45, 7) is 0. The molecular weight excluding hydrogens is 372 g/mol. The molecule has 0 saturated carbocycles. The Balaban J connectivity index is 1.68. The summed E-state index contributed by atoms with van der Waals surface area (Å²) < 4.78 is 11.7. The molecule has 0 aliphatic rings. The van der Waals surface area contributed by atoms with E-state index in [0.29, 0.717) is 17.0 Å². The van der Waals surface area contributed by atoms with Crippen molar-refractivity contribution < 1.29 is 14.6 Å². The SMILES string of the molecule is COc1ccc(C=Nc2ccc(O)c(-c3nc4ccccc4s3)c2)c(OC)c1. The van der Waals surface area contributed by atoms with Crippen LogP contribution in [-0.4, -0.2) is 30.5 Å². The summed E-state index contributed by atoms with van der Waals surface area (Å²) >= 11 is 1.54. The number of benzene rings is 3. The molecule has 6 heteroatoms. The van der Waals surface area contributed by atoms with Crippen LogP contribution in [0.2, 0.25) is 0 Å². The van der Waals surface area contributed by atoms with Crippen LogP contribution < -0.4 is 9.47 Å². The van der Waals surface area contributed by atoms with Gasteiger partial charge in [0.1, 0.15) is 22.3 Å². The van der Waals surface area contributed by atoms with Gasteiger partial charge in [-0.05, 0) is 42.5 Å². The van der Waals surface area contributed by atoms with E-state index in [-0.39, 0.29) is 5.75 Å². The van der Waals surface area contributed by atoms with Gasteiger partial charge in [0.05, 0.1) is 35.7 Å². The van der Waals surface area contributed by atoms with E-state index < -0.39 is 0 Å². The third-order valence-corrected chi connectivity index (χ3v) is 5.37. The minimum atomic E-state index is 0.181. The lowest BCUT2D eigenvalue weighted by Crippen LogP contribution is -1.92. The number of methoxy groups -OCH3 is 2. The van der Waals surface area contributed by atoms with Gasteiger partial charge in [-0.2, -0.15) is 0 Å². The molecule has 0 aliphatic carbocycles. The molecule has 140 valence electrons. The maximum absolute atomic E-state index is 10.3. The van der Waals surface area contributed by atoms with E-state index in [2.05, 4.69) is 9.98 Å². The van der Waals surface area contributed by atoms with Crippen molar-refractivity contribution in [2.75, 3.05) is 14.2 Å². The van der Waals surface area contributed by atoms with Crippen molar-refractivity contribution in [2.24, 2.45) is 4.99 Å². The Kier molecular flexibility index (Phi) is 4.95. The number of thiazole rings is 1. The lowest BCUT2D eigenvalue weighted by atomic mass is 10.1. The third kappa shape index (κ3) is 3.54. The van der Waals surface area contributed by atoms with Gasteiger partial charge in [-0.25, -0.2) is 4.98 Å². The van der Waals surface area contributed by atoms with E-state index in [1.807, 2.05) is 48.5 Å². The van der Waals surface area contributed by atoms with Crippen LogP contribution in [0.1, 0.15) is 5.56 Å². The number of fused-ring (bicyclic) bond motifs is 1. The average Bonchev–Trinajstić information content (AvgIpc) is 3.17. The number of rotatable bonds is 5. The Morgan fingerprint density at radius 1 is 1.00 bits per heavy atom. The molecule has 0 bridgehead atoms. The molecular formula is C22H18N2O3S. The van der Waals surface area contributed by atoms with Crippen molar-refractivity contribution in [3.05, 3.63) is 66.2 Å². The third-order valence-electron chi connectivity index (χ3n) is 4.30. The summed E-state index contributed by atoms with van der Waals surface area (Å²) in [6, 6.07) is 18.7. The molecule has 0 radical (unpaired) electrons. The Bertz CT molecular complexity index is 1130. The monoisotopic (exact) mass is 390 g/mol. The van der Waals surface area contributed by atoms with Gasteiger partial charge in [0.2, 0.25) is 0 Å². The van der Waals surface area contributed by atoms with Crippen molar-refractivity contribution in [3.63, 3.8) is 0 Å². The molecule has 1 N–H and O–H groups in total. The normalized spacial score (nSPS) is 11.2. The number of aromatic nitrogens is 1. The zero-order chi connectivity index (χ0) is 19.5. The first-order valence-corrected chi connectivity index (χ1v) is 9.44. The molecule has 0 unspecified atom stereocenters. The van der Waals surface area contributed by atoms with Gasteiger partial charge in [0.25, 0.3) is 0 Å². The Hall–Kier alpha value is -3.38. The maximum atomic E-state index is 10.3. The topological polar surface area (TPSA) is 63.9 Å². The van der Waals surface area contributed by atoms with Crippen LogP contribution in [-0.2, 0) is 0 Å². The standard InChI is InChI=1S/C22H18N2O3S/c1-26-16-9-7-14(20(12-16)27-2)13-23-15-8-10-19(25)17(11-15)22-24-18-5-3-4-6-21(18)28-22/h3-13,25H,1-2H3. The van der Waals surface area contributed by atoms with Crippen molar-refractivity contribution in [1.82, 2.24) is 4.98 Å². The highest BCUT2D eigenvalue weighted by molar-refractivity contribution is 7.21. The number of ether oxygens (including phenoxy) is 2. The van der Waals surface area contributed by atoms with Crippen molar-refractivity contribution in [2.45, 2.75) is 0 Å². The van der Waals surface area contributed by atoms with E-state index in [9.17, 15) is 5.11 Å². The highest BCUT2D eigenvalue weighted by Gasteiger charge is 2.11. The lowest BCUT2D eigenvalue weighted by molar-refractivity contribution is 0.394. The zero-order valence-electron chi connectivity index (χ0n) is 15.4. The molecule has 0 fully saturated rings. The summed E-state index contributed by atoms with van der Waals surface area (Å²) in [5.41, 5.74) is 3.12. The highest BCUT2D eigenvalue weighted by atomic mass is 32.1. The Morgan fingerprint density at radius 3 is 2.64 bits per heavy atom. The fourth-order valence-corrected chi connectivity index (χ4v) is 3.82. The number of aliphatic imine (C=N–C) groups is 1. The van der Waals surface area contributed by atoms with Gasteiger partial charge in [0.15, 0.2) is 0 Å². The summed E-state index contributed by atoms with van der Waals surface area (Å²) in [6.07, 6.45) is 1.73. The van der Waals surface area contributed by atoms with E-state index in [4.69, 9.17) is 9.47 Å². The van der Waals surface area contributed by atoms with Crippen LogP contribution in [0.3, 0.4) is 0 Å². The number of aromatic hydroxyl groups is 1. The minimum Gasteiger partial charge on any atom is -0.507 e. The van der Waals surface area contributed by atoms with Crippen LogP contribution in [0.25, 0.3) is 20.8 Å². The molecule has 5 nitrogen and oxygen atoms in total. The first kappa shape index (κ1) is 18.0. The molecule has 4 rings (SSSR count). The number of phenolic OH excluding ortho intramolecular Hbond substituents is 1. The first-order valence-electron chi connectivity index (χ1n) is 8.63. The van der Waals surface area contributed by atoms with E-state index >= 15 is 0 Å². The number of phenols is 1. The van der Waals surface area contributed by atoms with Crippen LogP contribution >= 0.6 is 11.3 Å². The summed E-state index contributed by atoms with van der Waals surface area (Å²) in [7, 11) is 3.22. The predicted molar refractivity (Wildman–Crippen MR) is 114 cm³/mol. The molecule has 28 heavy (non-hydrogen) atoms. The van der Waals surface area contributed by atoms with Gasteiger partial charge in [-0.1, -0.05) is 12.1 Å². The molecule has 0 amide bonds. The van der Waals surface area contributed by atoms with Gasteiger partial charge >= 0.3 is 0 Å². The molecule has 3 aromatic carbocycles. The first-order chi connectivity index (χ1) is 13.7. The fourth-order valence-electron chi connectivity index (χ4n) is 2.83. The second-order valence-corrected chi connectivity index (χ2v) is 7.08. The second-order valence-electron chi connectivity index (χ2n) is 6.05. The maximum Gasteiger partial charge on any atom is 0.131 e. The predicted octanol–water partition coefficient (Wildman–Crippen LogP) is 5.44. The molecule has 0 atom stereocenters. The number of nitrogens with zero attached hydrogens (tertiary/aromatic N) is 2. The summed E-state index contributed by atoms with van der Waals surface area (Å²) in [5.74, 6) is 1.57. The molecule has 4 aromatic rings. The smallest absolute Gasteiger partial charge is 0.131 e. The Morgan fingerprint density at radius 2 is 1.86 bits per heavy atom. The van der Waals surface area contributed by atoms with Crippen LogP contribution in [0.15, 0.2) is 65.7 Å². The van der Waals surface area contributed by atoms with Gasteiger partial charge < -0.3 is 14.6 Å². The minimum absolute atomic E-state index is 0.181. The number of para-hydroxylation sites is 1. The quantitative estimate of drug-likeness (QED) is 0.461. The molecule has 1 aromatic heterocycles. The molecule has 0 aliphatic heterocycles. The van der Waals surface area contributed by atoms with Crippen molar-refractivity contribution >= 4 is 33.5 Å². The van der Waals surface area contributed by atoms with E-state index in [1.165, 1.54) is 0 Å². The highest BCUT2D eigenvalue weighted by Crippen LogP contribution is 2.37. The fraction of sp³-hybridized carbons (Fsp3) is 0.0909. The summed E-state index contributed by atoms with van der Waals surface area (Å²) in [4.78, 5) is 9.16. The van der Waals surface area contributed by atoms with E-state index in [1.54, 1.807) is 43.9 Å². The van der Waals surface area contributed by atoms with Crippen LogP contribution in [0.5, 0.6) is 17.2 Å². The molecule has 1 heterocycles. The van der Waals surface area contributed by atoms with Crippen molar-refractivity contribution in [1.29, 1.82) is 0 Å². The van der Waals surface area contributed by atoms with E-state index in [0.717, 1.165) is 26.5 Å². The lowest BCUT2D eigenvalue weighted by Gasteiger charge is -2.07. The zero-order valence-corrected chi connectivity index (χ0v) is 16.2. The van der Waals surface area contributed by atoms with Gasteiger partial charge in [0, 0.05) is 17.8 Å². The second kappa shape index (κ2) is 7.70. The number of hydrogen-bond donors (Lipinski definition) is 1. The Labute approximate surface area is 166 Å². The molecule has 0 saturated heterocycles. The summed E-state index contributed by atoms with van der Waals surface area (Å²) in [5, 5.41) is 11.1. The van der Waals surface area contributed by atoms with Crippen LogP contribution in [0.4, 0.5) is 5.69 Å². The largest absolute Gasteiger partial charge is 0.507 e. The van der Waals surface area contributed by atoms with Gasteiger partial charge in [-0.3, -0.25) is 4.99 Å².